The van der Waals surface area contributed by atoms with E-state index in [1.54, 1.807) is 6.20 Å². The van der Waals surface area contributed by atoms with Gasteiger partial charge < -0.3 is 5.32 Å². The van der Waals surface area contributed by atoms with Gasteiger partial charge in [0.2, 0.25) is 0 Å². The van der Waals surface area contributed by atoms with Gasteiger partial charge in [-0.2, -0.15) is 0 Å². The Bertz CT molecular complexity index is 903. The van der Waals surface area contributed by atoms with E-state index in [0.29, 0.717) is 21.9 Å². The van der Waals surface area contributed by atoms with Crippen LogP contribution in [0.3, 0.4) is 0 Å². The van der Waals surface area contributed by atoms with Crippen molar-refractivity contribution in [1.82, 2.24) is 15.3 Å². The van der Waals surface area contributed by atoms with Crippen LogP contribution in [0.5, 0.6) is 0 Å². The summed E-state index contributed by atoms with van der Waals surface area (Å²) in [5, 5.41) is 3.48. The summed E-state index contributed by atoms with van der Waals surface area (Å²) in [7, 11) is 0. The molecule has 1 N–H and O–H groups in total. The molecule has 3 aromatic rings. The molecule has 0 radical (unpaired) electrons. The predicted octanol–water partition coefficient (Wildman–Crippen LogP) is 4.77. The molecule has 0 bridgehead atoms. The third-order valence-corrected chi connectivity index (χ3v) is 5.34. The average molecular weight is 428 g/mol. The molecule has 0 saturated carbocycles. The zero-order valence-electron chi connectivity index (χ0n) is 14.3. The van der Waals surface area contributed by atoms with Crippen molar-refractivity contribution in [3.05, 3.63) is 87.7 Å². The van der Waals surface area contributed by atoms with Gasteiger partial charge in [0.05, 0.1) is 4.47 Å². The lowest BCUT2D eigenvalue weighted by Crippen LogP contribution is -2.24. The fourth-order valence-electron chi connectivity index (χ4n) is 2.36. The summed E-state index contributed by atoms with van der Waals surface area (Å²) in [6.45, 7) is 2.54. The number of nitrogens with zero attached hydrogens (tertiary/aromatic N) is 2. The monoisotopic (exact) mass is 427 g/mol. The summed E-state index contributed by atoms with van der Waals surface area (Å²) in [6, 6.07) is 18.0. The first-order valence-electron chi connectivity index (χ1n) is 8.15. The first-order chi connectivity index (χ1) is 12.6. The zero-order chi connectivity index (χ0) is 18.4. The van der Waals surface area contributed by atoms with Crippen molar-refractivity contribution < 1.29 is 4.79 Å². The SMILES string of the molecule is Cc1ccccc1CSc1ncc(Br)c(C(=O)NCc2ccccc2)n1. The molecule has 1 aromatic heterocycles. The molecule has 0 atom stereocenters. The Morgan fingerprint density at radius 3 is 2.62 bits per heavy atom. The molecule has 2 aromatic carbocycles. The minimum absolute atomic E-state index is 0.221. The van der Waals surface area contributed by atoms with Gasteiger partial charge in [-0.15, -0.1) is 0 Å². The van der Waals surface area contributed by atoms with Crippen LogP contribution >= 0.6 is 27.7 Å². The quantitative estimate of drug-likeness (QED) is 0.454. The molecule has 1 amide bonds. The molecular formula is C20H18BrN3OS. The molecule has 0 saturated heterocycles. The van der Waals surface area contributed by atoms with Crippen LogP contribution in [0.4, 0.5) is 0 Å². The van der Waals surface area contributed by atoms with Crippen molar-refractivity contribution in [2.75, 3.05) is 0 Å². The van der Waals surface area contributed by atoms with E-state index in [1.165, 1.54) is 22.9 Å². The zero-order valence-corrected chi connectivity index (χ0v) is 16.7. The largest absolute Gasteiger partial charge is 0.347 e. The summed E-state index contributed by atoms with van der Waals surface area (Å²) < 4.78 is 0.586. The van der Waals surface area contributed by atoms with Crippen LogP contribution in [0.25, 0.3) is 0 Å². The molecule has 0 fully saturated rings. The van der Waals surface area contributed by atoms with E-state index in [2.05, 4.69) is 50.3 Å². The third-order valence-electron chi connectivity index (χ3n) is 3.85. The van der Waals surface area contributed by atoms with Gasteiger partial charge in [0.15, 0.2) is 5.16 Å². The highest BCUT2D eigenvalue weighted by Gasteiger charge is 2.14. The highest BCUT2D eigenvalue weighted by molar-refractivity contribution is 9.10. The number of carbonyl (C=O) groups excluding carboxylic acids is 1. The molecule has 0 unspecified atom stereocenters. The van der Waals surface area contributed by atoms with Crippen LogP contribution in [-0.2, 0) is 12.3 Å². The van der Waals surface area contributed by atoms with Gasteiger partial charge in [0.25, 0.3) is 5.91 Å². The van der Waals surface area contributed by atoms with Gasteiger partial charge in [-0.1, -0.05) is 66.4 Å². The van der Waals surface area contributed by atoms with E-state index in [1.807, 2.05) is 42.5 Å². The molecule has 26 heavy (non-hydrogen) atoms. The summed E-state index contributed by atoms with van der Waals surface area (Å²) in [4.78, 5) is 21.2. The number of benzene rings is 2. The topological polar surface area (TPSA) is 54.9 Å². The van der Waals surface area contributed by atoms with Crippen LogP contribution < -0.4 is 5.32 Å². The predicted molar refractivity (Wildman–Crippen MR) is 108 cm³/mol. The van der Waals surface area contributed by atoms with Crippen molar-refractivity contribution in [3.8, 4) is 0 Å². The normalized spacial score (nSPS) is 10.5. The highest BCUT2D eigenvalue weighted by atomic mass is 79.9. The van der Waals surface area contributed by atoms with E-state index < -0.39 is 0 Å². The lowest BCUT2D eigenvalue weighted by atomic mass is 10.1. The van der Waals surface area contributed by atoms with Crippen molar-refractivity contribution in [3.63, 3.8) is 0 Å². The summed E-state index contributed by atoms with van der Waals surface area (Å²) in [5.74, 6) is 0.542. The van der Waals surface area contributed by atoms with Crippen LogP contribution in [0, 0.1) is 6.92 Å². The van der Waals surface area contributed by atoms with Gasteiger partial charge in [-0.25, -0.2) is 9.97 Å². The number of aryl methyl sites for hydroxylation is 1. The number of nitrogens with one attached hydrogen (secondary N) is 1. The molecular weight excluding hydrogens is 410 g/mol. The highest BCUT2D eigenvalue weighted by Crippen LogP contribution is 2.23. The number of thioether (sulfide) groups is 1. The Hall–Kier alpha value is -2.18. The Balaban J connectivity index is 1.67. The summed E-state index contributed by atoms with van der Waals surface area (Å²) in [5.41, 5.74) is 3.86. The summed E-state index contributed by atoms with van der Waals surface area (Å²) in [6.07, 6.45) is 1.63. The van der Waals surface area contributed by atoms with Crippen LogP contribution in [-0.4, -0.2) is 15.9 Å². The molecule has 0 aliphatic carbocycles. The standard InChI is InChI=1S/C20H18BrN3OS/c1-14-7-5-6-10-16(14)13-26-20-23-12-17(21)18(24-20)19(25)22-11-15-8-3-2-4-9-15/h2-10,12H,11,13H2,1H3,(H,22,25). The third kappa shape index (κ3) is 4.93. The molecule has 132 valence electrons. The van der Waals surface area contributed by atoms with E-state index in [-0.39, 0.29) is 5.91 Å². The number of hydrogen-bond donors (Lipinski definition) is 1. The number of amides is 1. The van der Waals surface area contributed by atoms with Crippen molar-refractivity contribution in [1.29, 1.82) is 0 Å². The molecule has 0 aliphatic rings. The minimum Gasteiger partial charge on any atom is -0.347 e. The van der Waals surface area contributed by atoms with Crippen molar-refractivity contribution in [2.45, 2.75) is 24.4 Å². The fourth-order valence-corrected chi connectivity index (χ4v) is 3.62. The van der Waals surface area contributed by atoms with Gasteiger partial charge >= 0.3 is 0 Å². The summed E-state index contributed by atoms with van der Waals surface area (Å²) >= 11 is 4.89. The lowest BCUT2D eigenvalue weighted by molar-refractivity contribution is 0.0944. The fraction of sp³-hybridized carbons (Fsp3) is 0.150. The average Bonchev–Trinajstić information content (AvgIpc) is 2.67. The molecule has 0 spiro atoms. The first-order valence-corrected chi connectivity index (χ1v) is 9.93. The van der Waals surface area contributed by atoms with E-state index in [4.69, 9.17) is 0 Å². The number of halogens is 1. The minimum atomic E-state index is -0.221. The molecule has 4 nitrogen and oxygen atoms in total. The number of hydrogen-bond acceptors (Lipinski definition) is 4. The van der Waals surface area contributed by atoms with Crippen LogP contribution in [0.15, 0.2) is 70.4 Å². The van der Waals surface area contributed by atoms with Gasteiger partial charge in [0.1, 0.15) is 5.69 Å². The Labute approximate surface area is 165 Å². The molecule has 3 rings (SSSR count). The maximum atomic E-state index is 12.5. The van der Waals surface area contributed by atoms with Crippen molar-refractivity contribution >= 4 is 33.6 Å². The van der Waals surface area contributed by atoms with E-state index >= 15 is 0 Å². The number of carbonyl (C=O) groups is 1. The van der Waals surface area contributed by atoms with Crippen LogP contribution in [0.2, 0.25) is 0 Å². The lowest BCUT2D eigenvalue weighted by Gasteiger charge is -2.08. The molecule has 1 heterocycles. The van der Waals surface area contributed by atoms with E-state index in [9.17, 15) is 4.79 Å². The Morgan fingerprint density at radius 2 is 1.85 bits per heavy atom. The van der Waals surface area contributed by atoms with Gasteiger partial charge in [-0.05, 0) is 39.5 Å². The maximum Gasteiger partial charge on any atom is 0.271 e. The molecule has 0 aliphatic heterocycles. The Morgan fingerprint density at radius 1 is 1.12 bits per heavy atom. The maximum absolute atomic E-state index is 12.5. The van der Waals surface area contributed by atoms with Gasteiger partial charge in [0, 0.05) is 18.5 Å². The molecule has 6 heteroatoms. The smallest absolute Gasteiger partial charge is 0.271 e. The van der Waals surface area contributed by atoms with Crippen molar-refractivity contribution in [2.24, 2.45) is 0 Å². The second-order valence-electron chi connectivity index (χ2n) is 5.73. The second-order valence-corrected chi connectivity index (χ2v) is 7.53. The van der Waals surface area contributed by atoms with E-state index in [0.717, 1.165) is 11.3 Å². The number of rotatable bonds is 6. The second kappa shape index (κ2) is 8.96. The van der Waals surface area contributed by atoms with Crippen LogP contribution in [0.1, 0.15) is 27.2 Å². The number of aromatic nitrogens is 2. The Kier molecular flexibility index (Phi) is 6.41. The first kappa shape index (κ1) is 18.6. The van der Waals surface area contributed by atoms with Gasteiger partial charge in [-0.3, -0.25) is 4.79 Å².